The summed E-state index contributed by atoms with van der Waals surface area (Å²) >= 11 is 18.4. The predicted octanol–water partition coefficient (Wildman–Crippen LogP) is 5.58. The third kappa shape index (κ3) is 3.53. The van der Waals surface area contributed by atoms with Crippen LogP contribution in [0.25, 0.3) is 0 Å². The van der Waals surface area contributed by atoms with E-state index in [1.54, 1.807) is 0 Å². The molecule has 0 saturated heterocycles. The molecule has 3 unspecified atom stereocenters. The zero-order chi connectivity index (χ0) is 12.4. The number of halogens is 3. The summed E-state index contributed by atoms with van der Waals surface area (Å²) < 4.78 is 0. The van der Waals surface area contributed by atoms with Crippen LogP contribution in [-0.4, -0.2) is 5.38 Å². The third-order valence-electron chi connectivity index (χ3n) is 3.63. The molecule has 1 aromatic rings. The van der Waals surface area contributed by atoms with Crippen molar-refractivity contribution >= 4 is 34.8 Å². The van der Waals surface area contributed by atoms with Crippen LogP contribution < -0.4 is 0 Å². The van der Waals surface area contributed by atoms with Crippen molar-refractivity contribution in [2.24, 2.45) is 11.8 Å². The van der Waals surface area contributed by atoms with Gasteiger partial charge in [-0.3, -0.25) is 0 Å². The molecule has 1 fully saturated rings. The van der Waals surface area contributed by atoms with Crippen LogP contribution in [-0.2, 0) is 6.42 Å². The van der Waals surface area contributed by atoms with Gasteiger partial charge in [0.05, 0.1) is 10.0 Å². The van der Waals surface area contributed by atoms with Crippen LogP contribution in [0.4, 0.5) is 0 Å². The molecule has 0 nitrogen and oxygen atoms in total. The van der Waals surface area contributed by atoms with Gasteiger partial charge in [-0.2, -0.15) is 0 Å². The summed E-state index contributed by atoms with van der Waals surface area (Å²) in [6.45, 7) is 2.31. The monoisotopic (exact) mass is 290 g/mol. The smallest absolute Gasteiger partial charge is 0.0595 e. The third-order valence-corrected chi connectivity index (χ3v) is 4.95. The molecule has 0 bridgehead atoms. The topological polar surface area (TPSA) is 0 Å². The highest BCUT2D eigenvalue weighted by atomic mass is 35.5. The first kappa shape index (κ1) is 13.5. The van der Waals surface area contributed by atoms with Gasteiger partial charge >= 0.3 is 0 Å². The maximum absolute atomic E-state index is 6.41. The molecule has 17 heavy (non-hydrogen) atoms. The van der Waals surface area contributed by atoms with E-state index in [9.17, 15) is 0 Å². The lowest BCUT2D eigenvalue weighted by atomic mass is 9.79. The molecule has 1 saturated carbocycles. The lowest BCUT2D eigenvalue weighted by Crippen LogP contribution is -2.25. The van der Waals surface area contributed by atoms with E-state index >= 15 is 0 Å². The van der Waals surface area contributed by atoms with Gasteiger partial charge in [0.2, 0.25) is 0 Å². The van der Waals surface area contributed by atoms with Crippen molar-refractivity contribution in [3.63, 3.8) is 0 Å². The van der Waals surface area contributed by atoms with Crippen LogP contribution in [0.5, 0.6) is 0 Å². The highest BCUT2D eigenvalue weighted by molar-refractivity contribution is 6.42. The summed E-state index contributed by atoms with van der Waals surface area (Å²) in [6, 6.07) is 5.89. The van der Waals surface area contributed by atoms with Crippen LogP contribution in [0.2, 0.25) is 10.0 Å². The Labute approximate surface area is 118 Å². The second-order valence-electron chi connectivity index (χ2n) is 5.15. The molecule has 0 radical (unpaired) electrons. The van der Waals surface area contributed by atoms with Gasteiger partial charge in [0, 0.05) is 5.38 Å². The zero-order valence-electron chi connectivity index (χ0n) is 9.93. The second kappa shape index (κ2) is 5.82. The van der Waals surface area contributed by atoms with Gasteiger partial charge in [0.25, 0.3) is 0 Å². The Morgan fingerprint density at radius 2 is 1.94 bits per heavy atom. The van der Waals surface area contributed by atoms with Gasteiger partial charge in [0.1, 0.15) is 0 Å². The van der Waals surface area contributed by atoms with Crippen molar-refractivity contribution in [3.05, 3.63) is 33.8 Å². The van der Waals surface area contributed by atoms with Gasteiger partial charge in [-0.1, -0.05) is 36.2 Å². The molecule has 1 aliphatic rings. The van der Waals surface area contributed by atoms with E-state index in [0.29, 0.717) is 21.3 Å². The standard InChI is InChI=1S/C14H17Cl3/c1-9-2-4-12(15)11(6-9)7-10-3-5-13(16)14(17)8-10/h3,5,8-9,11-12H,2,4,6-7H2,1H3. The van der Waals surface area contributed by atoms with Crippen molar-refractivity contribution in [3.8, 4) is 0 Å². The second-order valence-corrected chi connectivity index (χ2v) is 6.52. The molecule has 3 heteroatoms. The minimum atomic E-state index is 0.306. The van der Waals surface area contributed by atoms with E-state index in [2.05, 4.69) is 13.0 Å². The molecule has 0 N–H and O–H groups in total. The molecule has 0 amide bonds. The fourth-order valence-corrected chi connectivity index (χ4v) is 3.28. The number of hydrogen-bond donors (Lipinski definition) is 0. The maximum Gasteiger partial charge on any atom is 0.0595 e. The Morgan fingerprint density at radius 1 is 1.18 bits per heavy atom. The summed E-state index contributed by atoms with van der Waals surface area (Å²) in [6.07, 6.45) is 4.62. The van der Waals surface area contributed by atoms with E-state index in [4.69, 9.17) is 34.8 Å². The minimum absolute atomic E-state index is 0.306. The minimum Gasteiger partial charge on any atom is -0.123 e. The van der Waals surface area contributed by atoms with Crippen LogP contribution >= 0.6 is 34.8 Å². The molecule has 1 aliphatic carbocycles. The lowest BCUT2D eigenvalue weighted by Gasteiger charge is -2.31. The number of alkyl halides is 1. The first-order valence-corrected chi connectivity index (χ1v) is 7.33. The molecule has 94 valence electrons. The van der Waals surface area contributed by atoms with Gasteiger partial charge < -0.3 is 0 Å². The van der Waals surface area contributed by atoms with Gasteiger partial charge in [-0.25, -0.2) is 0 Å². The van der Waals surface area contributed by atoms with E-state index in [-0.39, 0.29) is 0 Å². The highest BCUT2D eigenvalue weighted by Gasteiger charge is 2.27. The van der Waals surface area contributed by atoms with Crippen molar-refractivity contribution in [1.82, 2.24) is 0 Å². The highest BCUT2D eigenvalue weighted by Crippen LogP contribution is 2.35. The fraction of sp³-hybridized carbons (Fsp3) is 0.571. The van der Waals surface area contributed by atoms with Crippen molar-refractivity contribution in [2.45, 2.75) is 38.0 Å². The van der Waals surface area contributed by atoms with Crippen LogP contribution in [0.1, 0.15) is 31.7 Å². The summed E-state index contributed by atoms with van der Waals surface area (Å²) in [7, 11) is 0. The van der Waals surface area contributed by atoms with Gasteiger partial charge in [-0.05, 0) is 55.2 Å². The average molecular weight is 292 g/mol. The molecular weight excluding hydrogens is 275 g/mol. The van der Waals surface area contributed by atoms with Crippen LogP contribution in [0.3, 0.4) is 0 Å². The largest absolute Gasteiger partial charge is 0.123 e. The van der Waals surface area contributed by atoms with E-state index in [0.717, 1.165) is 18.8 Å². The summed E-state index contributed by atoms with van der Waals surface area (Å²) in [5.74, 6) is 1.36. The Kier molecular flexibility index (Phi) is 4.63. The quantitative estimate of drug-likeness (QED) is 0.624. The van der Waals surface area contributed by atoms with Crippen molar-refractivity contribution in [2.75, 3.05) is 0 Å². The molecule has 0 heterocycles. The number of hydrogen-bond acceptors (Lipinski definition) is 0. The normalized spacial score (nSPS) is 29.3. The van der Waals surface area contributed by atoms with E-state index in [1.807, 2.05) is 12.1 Å². The molecular formula is C14H17Cl3. The molecule has 1 aromatic carbocycles. The van der Waals surface area contributed by atoms with E-state index in [1.165, 1.54) is 18.4 Å². The molecule has 0 aromatic heterocycles. The Balaban J connectivity index is 2.06. The van der Waals surface area contributed by atoms with Gasteiger partial charge in [-0.15, -0.1) is 11.6 Å². The molecule has 0 aliphatic heterocycles. The maximum atomic E-state index is 6.41. The van der Waals surface area contributed by atoms with Crippen LogP contribution in [0, 0.1) is 11.8 Å². The first-order valence-electron chi connectivity index (χ1n) is 6.14. The van der Waals surface area contributed by atoms with Gasteiger partial charge in [0.15, 0.2) is 0 Å². The molecule has 3 atom stereocenters. The Bertz CT molecular complexity index is 389. The predicted molar refractivity (Wildman–Crippen MR) is 76.3 cm³/mol. The molecule has 2 rings (SSSR count). The number of benzene rings is 1. The summed E-state index contributed by atoms with van der Waals surface area (Å²) in [4.78, 5) is 0. The van der Waals surface area contributed by atoms with Crippen molar-refractivity contribution in [1.29, 1.82) is 0 Å². The average Bonchev–Trinajstić information content (AvgIpc) is 2.29. The van der Waals surface area contributed by atoms with Crippen molar-refractivity contribution < 1.29 is 0 Å². The Morgan fingerprint density at radius 3 is 2.65 bits per heavy atom. The zero-order valence-corrected chi connectivity index (χ0v) is 12.2. The molecule has 0 spiro atoms. The lowest BCUT2D eigenvalue weighted by molar-refractivity contribution is 0.287. The summed E-state index contributed by atoms with van der Waals surface area (Å²) in [5, 5.41) is 1.56. The van der Waals surface area contributed by atoms with Crippen LogP contribution in [0.15, 0.2) is 18.2 Å². The van der Waals surface area contributed by atoms with E-state index < -0.39 is 0 Å². The Hall–Kier alpha value is 0.0900. The number of rotatable bonds is 2. The summed E-state index contributed by atoms with van der Waals surface area (Å²) in [5.41, 5.74) is 1.24. The first-order chi connectivity index (χ1) is 8.06. The SMILES string of the molecule is CC1CCC(Cl)C(Cc2ccc(Cl)c(Cl)c2)C1. The fourth-order valence-electron chi connectivity index (χ4n) is 2.64.